The third-order valence-corrected chi connectivity index (χ3v) is 3.93. The summed E-state index contributed by atoms with van der Waals surface area (Å²) in [6.07, 6.45) is 3.34. The molecule has 1 heterocycles. The van der Waals surface area contributed by atoms with Crippen molar-refractivity contribution in [2.45, 2.75) is 6.54 Å². The van der Waals surface area contributed by atoms with Gasteiger partial charge in [0.05, 0.1) is 7.11 Å². The van der Waals surface area contributed by atoms with Crippen LogP contribution in [0.5, 0.6) is 5.75 Å². The first-order valence-electron chi connectivity index (χ1n) is 8.63. The highest BCUT2D eigenvalue weighted by atomic mass is 16.5. The van der Waals surface area contributed by atoms with Gasteiger partial charge in [0.15, 0.2) is 0 Å². The molecule has 0 fully saturated rings. The maximum atomic E-state index is 12.3. The Morgan fingerprint density at radius 2 is 1.68 bits per heavy atom. The second-order valence-electron chi connectivity index (χ2n) is 5.93. The lowest BCUT2D eigenvalue weighted by Crippen LogP contribution is -2.28. The predicted octanol–water partition coefficient (Wildman–Crippen LogP) is 3.66. The van der Waals surface area contributed by atoms with Crippen LogP contribution in [0.4, 0.5) is 16.2 Å². The minimum Gasteiger partial charge on any atom is -0.497 e. The summed E-state index contributed by atoms with van der Waals surface area (Å²) in [5.74, 6) is 0.414. The van der Waals surface area contributed by atoms with Crippen LogP contribution in [0.3, 0.4) is 0 Å². The van der Waals surface area contributed by atoms with Gasteiger partial charge in [-0.1, -0.05) is 6.07 Å². The average Bonchev–Trinajstić information content (AvgIpc) is 2.73. The Bertz CT molecular complexity index is 943. The molecule has 2 aromatic carbocycles. The SMILES string of the molecule is COc1cccc(NC(=O)c2ccc(NC(=O)NCc3ccncc3)cc2)c1. The fourth-order valence-corrected chi connectivity index (χ4v) is 2.47. The number of nitrogens with zero attached hydrogens (tertiary/aromatic N) is 1. The van der Waals surface area contributed by atoms with E-state index in [2.05, 4.69) is 20.9 Å². The average molecular weight is 376 g/mol. The standard InChI is InChI=1S/C21H20N4O3/c1-28-19-4-2-3-18(13-19)24-20(26)16-5-7-17(8-6-16)25-21(27)23-14-15-9-11-22-12-10-15/h2-13H,14H2,1H3,(H,24,26)(H2,23,25,27). The van der Waals surface area contributed by atoms with E-state index < -0.39 is 0 Å². The molecule has 0 radical (unpaired) electrons. The molecule has 0 aliphatic carbocycles. The van der Waals surface area contributed by atoms with Crippen molar-refractivity contribution in [3.05, 3.63) is 84.2 Å². The fraction of sp³-hybridized carbons (Fsp3) is 0.0952. The number of carbonyl (C=O) groups is 2. The van der Waals surface area contributed by atoms with E-state index in [-0.39, 0.29) is 11.9 Å². The number of carbonyl (C=O) groups excluding carboxylic acids is 2. The number of ether oxygens (including phenoxy) is 1. The van der Waals surface area contributed by atoms with Gasteiger partial charge in [-0.15, -0.1) is 0 Å². The van der Waals surface area contributed by atoms with Crippen LogP contribution in [0.15, 0.2) is 73.1 Å². The Morgan fingerprint density at radius 1 is 0.929 bits per heavy atom. The molecule has 28 heavy (non-hydrogen) atoms. The molecular weight excluding hydrogens is 356 g/mol. The number of rotatable bonds is 6. The first-order chi connectivity index (χ1) is 13.6. The number of nitrogens with one attached hydrogen (secondary N) is 3. The van der Waals surface area contributed by atoms with Crippen molar-refractivity contribution >= 4 is 23.3 Å². The molecule has 3 N–H and O–H groups in total. The Kier molecular flexibility index (Phi) is 6.20. The quantitative estimate of drug-likeness (QED) is 0.612. The lowest BCUT2D eigenvalue weighted by atomic mass is 10.2. The monoisotopic (exact) mass is 376 g/mol. The molecule has 7 heteroatoms. The third-order valence-electron chi connectivity index (χ3n) is 3.93. The number of hydrogen-bond acceptors (Lipinski definition) is 4. The van der Waals surface area contributed by atoms with Gasteiger partial charge in [-0.2, -0.15) is 0 Å². The predicted molar refractivity (Wildman–Crippen MR) is 107 cm³/mol. The molecule has 0 atom stereocenters. The zero-order valence-electron chi connectivity index (χ0n) is 15.3. The number of benzene rings is 2. The summed E-state index contributed by atoms with van der Waals surface area (Å²) in [5.41, 5.74) is 2.66. The summed E-state index contributed by atoms with van der Waals surface area (Å²) in [7, 11) is 1.57. The maximum absolute atomic E-state index is 12.3. The van der Waals surface area contributed by atoms with Crippen LogP contribution in [0, 0.1) is 0 Å². The highest BCUT2D eigenvalue weighted by molar-refractivity contribution is 6.04. The highest BCUT2D eigenvalue weighted by Gasteiger charge is 2.08. The second-order valence-corrected chi connectivity index (χ2v) is 5.93. The molecule has 0 saturated carbocycles. The molecule has 3 aromatic rings. The van der Waals surface area contributed by atoms with Gasteiger partial charge in [-0.25, -0.2) is 4.79 Å². The van der Waals surface area contributed by atoms with Crippen molar-refractivity contribution < 1.29 is 14.3 Å². The zero-order chi connectivity index (χ0) is 19.8. The lowest BCUT2D eigenvalue weighted by Gasteiger charge is -2.09. The summed E-state index contributed by atoms with van der Waals surface area (Å²) < 4.78 is 5.14. The molecule has 0 spiro atoms. The van der Waals surface area contributed by atoms with Crippen LogP contribution in [-0.4, -0.2) is 24.0 Å². The van der Waals surface area contributed by atoms with Crippen molar-refractivity contribution in [2.24, 2.45) is 0 Å². The fourth-order valence-electron chi connectivity index (χ4n) is 2.47. The molecule has 142 valence electrons. The molecule has 3 amide bonds. The van der Waals surface area contributed by atoms with Crippen LogP contribution >= 0.6 is 0 Å². The number of aromatic nitrogens is 1. The van der Waals surface area contributed by atoms with Crippen molar-refractivity contribution in [2.75, 3.05) is 17.7 Å². The van der Waals surface area contributed by atoms with Gasteiger partial charge in [0.2, 0.25) is 0 Å². The molecule has 0 saturated heterocycles. The van der Waals surface area contributed by atoms with Crippen LogP contribution < -0.4 is 20.7 Å². The largest absolute Gasteiger partial charge is 0.497 e. The Morgan fingerprint density at radius 3 is 2.39 bits per heavy atom. The van der Waals surface area contributed by atoms with Gasteiger partial charge >= 0.3 is 6.03 Å². The third kappa shape index (κ3) is 5.31. The topological polar surface area (TPSA) is 92.4 Å². The molecule has 3 rings (SSSR count). The van der Waals surface area contributed by atoms with E-state index in [1.165, 1.54) is 0 Å². The number of hydrogen-bond donors (Lipinski definition) is 3. The van der Waals surface area contributed by atoms with Crippen LogP contribution in [0.1, 0.15) is 15.9 Å². The Labute approximate surface area is 162 Å². The summed E-state index contributed by atoms with van der Waals surface area (Å²) in [5, 5.41) is 8.30. The number of methoxy groups -OCH3 is 1. The zero-order valence-corrected chi connectivity index (χ0v) is 15.3. The molecule has 0 bridgehead atoms. The van der Waals surface area contributed by atoms with E-state index in [1.54, 1.807) is 68.0 Å². The Balaban J connectivity index is 1.53. The van der Waals surface area contributed by atoms with Gasteiger partial charge in [0, 0.05) is 41.9 Å². The second kappa shape index (κ2) is 9.18. The normalized spacial score (nSPS) is 10.0. The van der Waals surface area contributed by atoms with E-state index in [9.17, 15) is 9.59 Å². The number of amides is 3. The van der Waals surface area contributed by atoms with E-state index in [0.29, 0.717) is 29.2 Å². The van der Waals surface area contributed by atoms with Gasteiger partial charge in [0.1, 0.15) is 5.75 Å². The molecule has 0 unspecified atom stereocenters. The number of pyridine rings is 1. The summed E-state index contributed by atoms with van der Waals surface area (Å²) in [6.45, 7) is 0.398. The van der Waals surface area contributed by atoms with E-state index in [4.69, 9.17) is 4.74 Å². The molecule has 0 aliphatic heterocycles. The van der Waals surface area contributed by atoms with E-state index >= 15 is 0 Å². The smallest absolute Gasteiger partial charge is 0.319 e. The van der Waals surface area contributed by atoms with Crippen LogP contribution in [-0.2, 0) is 6.54 Å². The van der Waals surface area contributed by atoms with Crippen LogP contribution in [0.25, 0.3) is 0 Å². The first-order valence-corrected chi connectivity index (χ1v) is 8.63. The minimum absolute atomic E-state index is 0.248. The summed E-state index contributed by atoms with van der Waals surface area (Å²) in [4.78, 5) is 28.3. The van der Waals surface area contributed by atoms with Gasteiger partial charge in [-0.3, -0.25) is 9.78 Å². The van der Waals surface area contributed by atoms with Crippen molar-refractivity contribution in [1.82, 2.24) is 10.3 Å². The number of urea groups is 1. The van der Waals surface area contributed by atoms with Crippen LogP contribution in [0.2, 0.25) is 0 Å². The molecule has 7 nitrogen and oxygen atoms in total. The van der Waals surface area contributed by atoms with E-state index in [1.807, 2.05) is 12.1 Å². The summed E-state index contributed by atoms with van der Waals surface area (Å²) >= 11 is 0. The maximum Gasteiger partial charge on any atom is 0.319 e. The highest BCUT2D eigenvalue weighted by Crippen LogP contribution is 2.18. The first kappa shape index (κ1) is 18.9. The molecule has 1 aromatic heterocycles. The minimum atomic E-state index is -0.328. The summed E-state index contributed by atoms with van der Waals surface area (Å²) in [6, 6.07) is 17.1. The van der Waals surface area contributed by atoms with Gasteiger partial charge < -0.3 is 20.7 Å². The van der Waals surface area contributed by atoms with Crippen molar-refractivity contribution in [3.63, 3.8) is 0 Å². The molecular formula is C21H20N4O3. The van der Waals surface area contributed by atoms with Crippen molar-refractivity contribution in [3.8, 4) is 5.75 Å². The van der Waals surface area contributed by atoms with Gasteiger partial charge in [-0.05, 0) is 54.1 Å². The molecule has 0 aliphatic rings. The van der Waals surface area contributed by atoms with Gasteiger partial charge in [0.25, 0.3) is 5.91 Å². The number of anilines is 2. The lowest BCUT2D eigenvalue weighted by molar-refractivity contribution is 0.102. The Hall–Kier alpha value is -3.87. The van der Waals surface area contributed by atoms with Crippen molar-refractivity contribution in [1.29, 1.82) is 0 Å². The van der Waals surface area contributed by atoms with E-state index in [0.717, 1.165) is 5.56 Å².